The number of hydrogen-bond acceptors (Lipinski definition) is 5. The van der Waals surface area contributed by atoms with Crippen molar-refractivity contribution in [2.75, 3.05) is 13.1 Å². The fraction of sp³-hybridized carbons (Fsp3) is 0.400. The molecule has 5 rings (SSSR count). The molecule has 1 amide bonds. The van der Waals surface area contributed by atoms with Crippen LogP contribution in [0.4, 0.5) is 0 Å². The minimum Gasteiger partial charge on any atom is -0.489 e. The van der Waals surface area contributed by atoms with Gasteiger partial charge in [-0.2, -0.15) is 0 Å². The molecule has 32 heavy (non-hydrogen) atoms. The quantitative estimate of drug-likeness (QED) is 0.592. The third kappa shape index (κ3) is 4.99. The second-order valence-corrected chi connectivity index (χ2v) is 8.98. The molecular weight excluding hydrogens is 402 g/mol. The van der Waals surface area contributed by atoms with Gasteiger partial charge in [0.15, 0.2) is 5.69 Å². The summed E-state index contributed by atoms with van der Waals surface area (Å²) in [5.41, 5.74) is 2.81. The molecule has 1 aromatic heterocycles. The molecule has 0 radical (unpaired) electrons. The van der Waals surface area contributed by atoms with Crippen molar-refractivity contribution < 1.29 is 9.53 Å². The van der Waals surface area contributed by atoms with Gasteiger partial charge in [0.1, 0.15) is 12.4 Å². The van der Waals surface area contributed by atoms with E-state index in [0.717, 1.165) is 43.8 Å². The average Bonchev–Trinajstić information content (AvgIpc) is 3.44. The molecule has 1 N–H and O–H groups in total. The normalized spacial score (nSPS) is 20.9. The van der Waals surface area contributed by atoms with Crippen LogP contribution in [-0.2, 0) is 13.2 Å². The summed E-state index contributed by atoms with van der Waals surface area (Å²) in [5.74, 6) is 1.12. The van der Waals surface area contributed by atoms with Crippen molar-refractivity contribution in [2.24, 2.45) is 5.92 Å². The minimum absolute atomic E-state index is 0.113. The fourth-order valence-electron chi connectivity index (χ4n) is 4.21. The summed E-state index contributed by atoms with van der Waals surface area (Å²) in [4.78, 5) is 15.0. The Balaban J connectivity index is 1.11. The van der Waals surface area contributed by atoms with Crippen LogP contribution in [0.25, 0.3) is 0 Å². The molecule has 0 unspecified atom stereocenters. The molecule has 2 atom stereocenters. The van der Waals surface area contributed by atoms with Gasteiger partial charge in [-0.05, 0) is 42.0 Å². The molecule has 2 aliphatic rings. The van der Waals surface area contributed by atoms with Gasteiger partial charge in [-0.15, -0.1) is 5.10 Å². The van der Waals surface area contributed by atoms with Crippen LogP contribution < -0.4 is 10.1 Å². The zero-order chi connectivity index (χ0) is 21.9. The SMILES string of the molecule is C[C@@H]1CN(Cc2ccc(OCc3ccccc3)cc2)C[C@H]1NC(=O)c1cn(C2CC2)nn1. The van der Waals surface area contributed by atoms with E-state index in [1.54, 1.807) is 6.20 Å². The molecular formula is C25H29N5O2. The molecule has 2 aromatic carbocycles. The largest absolute Gasteiger partial charge is 0.489 e. The van der Waals surface area contributed by atoms with Gasteiger partial charge in [-0.25, -0.2) is 4.68 Å². The van der Waals surface area contributed by atoms with Gasteiger partial charge in [0.2, 0.25) is 0 Å². The second kappa shape index (κ2) is 9.12. The summed E-state index contributed by atoms with van der Waals surface area (Å²) in [5, 5.41) is 11.3. The lowest BCUT2D eigenvalue weighted by molar-refractivity contribution is 0.0926. The molecule has 7 heteroatoms. The number of carbonyl (C=O) groups excluding carboxylic acids is 1. The predicted octanol–water partition coefficient (Wildman–Crippen LogP) is 3.44. The Kier molecular flexibility index (Phi) is 5.90. The van der Waals surface area contributed by atoms with Crippen LogP contribution in [0.1, 0.15) is 47.4 Å². The summed E-state index contributed by atoms with van der Waals surface area (Å²) in [7, 11) is 0. The molecule has 0 spiro atoms. The molecule has 0 bridgehead atoms. The third-order valence-electron chi connectivity index (χ3n) is 6.25. The molecule has 1 saturated carbocycles. The summed E-state index contributed by atoms with van der Waals surface area (Å²) in [6.07, 6.45) is 4.02. The second-order valence-electron chi connectivity index (χ2n) is 8.98. The number of nitrogens with zero attached hydrogens (tertiary/aromatic N) is 4. The number of rotatable bonds is 8. The van der Waals surface area contributed by atoms with Crippen molar-refractivity contribution in [3.05, 3.63) is 77.6 Å². The van der Waals surface area contributed by atoms with Crippen LogP contribution in [-0.4, -0.2) is 44.9 Å². The Morgan fingerprint density at radius 2 is 1.84 bits per heavy atom. The molecule has 1 saturated heterocycles. The summed E-state index contributed by atoms with van der Waals surface area (Å²) in [6.45, 7) is 5.39. The third-order valence-corrected chi connectivity index (χ3v) is 6.25. The smallest absolute Gasteiger partial charge is 0.273 e. The first-order chi connectivity index (χ1) is 15.6. The molecule has 2 heterocycles. The molecule has 3 aromatic rings. The van der Waals surface area contributed by atoms with Gasteiger partial charge in [0.05, 0.1) is 12.2 Å². The van der Waals surface area contributed by atoms with Gasteiger partial charge < -0.3 is 10.1 Å². The summed E-state index contributed by atoms with van der Waals surface area (Å²) in [6, 6.07) is 19.0. The van der Waals surface area contributed by atoms with Crippen molar-refractivity contribution in [3.63, 3.8) is 0 Å². The number of nitrogens with one attached hydrogen (secondary N) is 1. The Bertz CT molecular complexity index is 1050. The maximum absolute atomic E-state index is 12.6. The van der Waals surface area contributed by atoms with E-state index in [0.29, 0.717) is 24.3 Å². The van der Waals surface area contributed by atoms with Crippen molar-refractivity contribution in [1.82, 2.24) is 25.2 Å². The minimum atomic E-state index is -0.129. The van der Waals surface area contributed by atoms with Gasteiger partial charge in [0, 0.05) is 25.7 Å². The van der Waals surface area contributed by atoms with Crippen LogP contribution in [0.3, 0.4) is 0 Å². The first kappa shape index (κ1) is 20.7. The van der Waals surface area contributed by atoms with Gasteiger partial charge >= 0.3 is 0 Å². The maximum Gasteiger partial charge on any atom is 0.273 e. The number of carbonyl (C=O) groups is 1. The average molecular weight is 432 g/mol. The number of hydrogen-bond donors (Lipinski definition) is 1. The highest BCUT2D eigenvalue weighted by molar-refractivity contribution is 5.92. The molecule has 1 aliphatic carbocycles. The lowest BCUT2D eigenvalue weighted by atomic mass is 10.1. The highest BCUT2D eigenvalue weighted by Gasteiger charge is 2.32. The maximum atomic E-state index is 12.6. The van der Waals surface area contributed by atoms with Crippen LogP contribution in [0.15, 0.2) is 60.8 Å². The van der Waals surface area contributed by atoms with E-state index in [1.807, 2.05) is 35.0 Å². The standard InChI is InChI=1S/C25H29N5O2/c1-18-13-29(15-23(18)26-25(31)24-16-30(28-27-24)21-9-10-21)14-19-7-11-22(12-8-19)32-17-20-5-3-2-4-6-20/h2-8,11-12,16,18,21,23H,9-10,13-15,17H2,1H3,(H,26,31)/t18-,23-/m1/s1. The van der Waals surface area contributed by atoms with Crippen LogP contribution >= 0.6 is 0 Å². The first-order valence-electron chi connectivity index (χ1n) is 11.3. The molecule has 7 nitrogen and oxygen atoms in total. The fourth-order valence-corrected chi connectivity index (χ4v) is 4.21. The Labute approximate surface area is 188 Å². The molecule has 166 valence electrons. The van der Waals surface area contributed by atoms with E-state index in [4.69, 9.17) is 4.74 Å². The van der Waals surface area contributed by atoms with Crippen molar-refractivity contribution >= 4 is 5.91 Å². The van der Waals surface area contributed by atoms with E-state index in [-0.39, 0.29) is 11.9 Å². The summed E-state index contributed by atoms with van der Waals surface area (Å²) < 4.78 is 7.70. The first-order valence-corrected chi connectivity index (χ1v) is 11.3. The van der Waals surface area contributed by atoms with Gasteiger partial charge in [-0.1, -0.05) is 54.6 Å². The Hall–Kier alpha value is -3.19. The van der Waals surface area contributed by atoms with Crippen LogP contribution in [0, 0.1) is 5.92 Å². The molecule has 1 aliphatic heterocycles. The van der Waals surface area contributed by atoms with Gasteiger partial charge in [-0.3, -0.25) is 9.69 Å². The van der Waals surface area contributed by atoms with Crippen molar-refractivity contribution in [3.8, 4) is 5.75 Å². The van der Waals surface area contributed by atoms with Crippen LogP contribution in [0.5, 0.6) is 5.75 Å². The number of benzene rings is 2. The number of aromatic nitrogens is 3. The number of likely N-dealkylation sites (tertiary alicyclic amines) is 1. The van der Waals surface area contributed by atoms with Gasteiger partial charge in [0.25, 0.3) is 5.91 Å². The van der Waals surface area contributed by atoms with E-state index in [9.17, 15) is 4.79 Å². The highest BCUT2D eigenvalue weighted by atomic mass is 16.5. The van der Waals surface area contributed by atoms with E-state index in [1.165, 1.54) is 5.56 Å². The van der Waals surface area contributed by atoms with Crippen LogP contribution in [0.2, 0.25) is 0 Å². The van der Waals surface area contributed by atoms with E-state index in [2.05, 4.69) is 51.7 Å². The molecule has 2 fully saturated rings. The van der Waals surface area contributed by atoms with E-state index >= 15 is 0 Å². The summed E-state index contributed by atoms with van der Waals surface area (Å²) >= 11 is 0. The lowest BCUT2D eigenvalue weighted by Gasteiger charge is -2.17. The monoisotopic (exact) mass is 431 g/mol. The zero-order valence-electron chi connectivity index (χ0n) is 18.4. The topological polar surface area (TPSA) is 72.3 Å². The zero-order valence-corrected chi connectivity index (χ0v) is 18.4. The van der Waals surface area contributed by atoms with Crippen molar-refractivity contribution in [1.29, 1.82) is 0 Å². The Morgan fingerprint density at radius 1 is 1.06 bits per heavy atom. The highest BCUT2D eigenvalue weighted by Crippen LogP contribution is 2.33. The van der Waals surface area contributed by atoms with Crippen molar-refractivity contribution in [2.45, 2.75) is 45.0 Å². The van der Waals surface area contributed by atoms with E-state index < -0.39 is 0 Å². The number of ether oxygens (including phenoxy) is 1. The lowest BCUT2D eigenvalue weighted by Crippen LogP contribution is -2.40. The number of amides is 1. The predicted molar refractivity (Wildman–Crippen MR) is 121 cm³/mol. The Morgan fingerprint density at radius 3 is 2.59 bits per heavy atom.